The Labute approximate surface area is 113 Å². The molecule has 0 saturated heterocycles. The minimum Gasteiger partial charge on any atom is -0.192 e. The predicted octanol–water partition coefficient (Wildman–Crippen LogP) is 5.00. The first kappa shape index (κ1) is 12.7. The first-order chi connectivity index (χ1) is 8.63. The third-order valence-corrected chi connectivity index (χ3v) is 3.26. The van der Waals surface area contributed by atoms with E-state index in [1.807, 2.05) is 36.4 Å². The first-order valence-corrected chi connectivity index (χ1v) is 6.30. The number of nitrogens with zero attached hydrogens (tertiary/aromatic N) is 1. The highest BCUT2D eigenvalue weighted by atomic mass is 35.5. The molecule has 0 aliphatic carbocycles. The van der Waals surface area contributed by atoms with Gasteiger partial charge in [-0.25, -0.2) is 0 Å². The van der Waals surface area contributed by atoms with Crippen LogP contribution in [0.4, 0.5) is 0 Å². The molecule has 0 saturated carbocycles. The minimum atomic E-state index is 0.347. The third kappa shape index (κ3) is 2.39. The molecule has 0 bridgehead atoms. The average Bonchev–Trinajstić information content (AvgIpc) is 2.38. The van der Waals surface area contributed by atoms with Crippen molar-refractivity contribution >= 4 is 11.6 Å². The van der Waals surface area contributed by atoms with E-state index in [4.69, 9.17) is 16.9 Å². The molecule has 2 aromatic carbocycles. The zero-order valence-corrected chi connectivity index (χ0v) is 11.2. The number of rotatable bonds is 2. The van der Waals surface area contributed by atoms with Gasteiger partial charge in [0.2, 0.25) is 0 Å². The minimum absolute atomic E-state index is 0.347. The zero-order chi connectivity index (χ0) is 13.1. The molecular formula is C16H14ClN. The summed E-state index contributed by atoms with van der Waals surface area (Å²) in [4.78, 5) is 0. The van der Waals surface area contributed by atoms with E-state index in [-0.39, 0.29) is 0 Å². The standard InChI is InChI=1S/C16H14ClN/c1-11(2)16-14(7-4-8-15(16)17)13-6-3-5-12(9-13)10-18/h3-9,11H,1-2H3. The molecule has 2 rings (SSSR count). The maximum Gasteiger partial charge on any atom is 0.0991 e. The number of halogens is 1. The van der Waals surface area contributed by atoms with E-state index < -0.39 is 0 Å². The van der Waals surface area contributed by atoms with Gasteiger partial charge in [0.1, 0.15) is 0 Å². The summed E-state index contributed by atoms with van der Waals surface area (Å²) in [5.41, 5.74) is 3.95. The lowest BCUT2D eigenvalue weighted by atomic mass is 9.92. The van der Waals surface area contributed by atoms with Crippen molar-refractivity contribution in [3.05, 3.63) is 58.6 Å². The summed E-state index contributed by atoms with van der Waals surface area (Å²) in [6.07, 6.45) is 0. The Morgan fingerprint density at radius 1 is 1.11 bits per heavy atom. The summed E-state index contributed by atoms with van der Waals surface area (Å²) >= 11 is 6.28. The van der Waals surface area contributed by atoms with Gasteiger partial charge < -0.3 is 0 Å². The number of hydrogen-bond acceptors (Lipinski definition) is 1. The van der Waals surface area contributed by atoms with Gasteiger partial charge in [-0.3, -0.25) is 0 Å². The van der Waals surface area contributed by atoms with Crippen molar-refractivity contribution in [2.24, 2.45) is 0 Å². The molecule has 1 nitrogen and oxygen atoms in total. The van der Waals surface area contributed by atoms with Gasteiger partial charge in [0, 0.05) is 5.02 Å². The van der Waals surface area contributed by atoms with E-state index in [2.05, 4.69) is 26.0 Å². The van der Waals surface area contributed by atoms with Crippen molar-refractivity contribution < 1.29 is 0 Å². The van der Waals surface area contributed by atoms with Crippen LogP contribution in [0.2, 0.25) is 5.02 Å². The Morgan fingerprint density at radius 2 is 1.83 bits per heavy atom. The Bertz CT molecular complexity index is 609. The van der Waals surface area contributed by atoms with Crippen LogP contribution in [0, 0.1) is 11.3 Å². The number of nitriles is 1. The van der Waals surface area contributed by atoms with Crippen molar-refractivity contribution in [2.75, 3.05) is 0 Å². The van der Waals surface area contributed by atoms with Gasteiger partial charge in [-0.05, 0) is 40.8 Å². The molecular weight excluding hydrogens is 242 g/mol. The molecule has 2 aromatic rings. The van der Waals surface area contributed by atoms with Crippen LogP contribution >= 0.6 is 11.6 Å². The average molecular weight is 256 g/mol. The van der Waals surface area contributed by atoms with E-state index in [1.165, 1.54) is 0 Å². The molecule has 0 radical (unpaired) electrons. The molecule has 2 heteroatoms. The molecule has 0 aliphatic rings. The molecule has 0 N–H and O–H groups in total. The molecule has 0 unspecified atom stereocenters. The van der Waals surface area contributed by atoms with Gasteiger partial charge >= 0.3 is 0 Å². The van der Waals surface area contributed by atoms with E-state index in [1.54, 1.807) is 0 Å². The van der Waals surface area contributed by atoms with Crippen molar-refractivity contribution in [1.29, 1.82) is 5.26 Å². The van der Waals surface area contributed by atoms with Crippen LogP contribution in [-0.2, 0) is 0 Å². The molecule has 0 atom stereocenters. The summed E-state index contributed by atoms with van der Waals surface area (Å²) < 4.78 is 0. The maximum atomic E-state index is 8.97. The second kappa shape index (κ2) is 5.25. The normalized spacial score (nSPS) is 10.4. The lowest BCUT2D eigenvalue weighted by molar-refractivity contribution is 0.869. The Kier molecular flexibility index (Phi) is 3.69. The summed E-state index contributed by atoms with van der Waals surface area (Å²) in [6.45, 7) is 4.25. The Morgan fingerprint density at radius 3 is 2.50 bits per heavy atom. The number of benzene rings is 2. The van der Waals surface area contributed by atoms with Gasteiger partial charge in [-0.2, -0.15) is 5.26 Å². The van der Waals surface area contributed by atoms with Crippen molar-refractivity contribution in [3.63, 3.8) is 0 Å². The molecule has 90 valence electrons. The van der Waals surface area contributed by atoms with Gasteiger partial charge in [0.15, 0.2) is 0 Å². The molecule has 18 heavy (non-hydrogen) atoms. The van der Waals surface area contributed by atoms with Gasteiger partial charge in [-0.15, -0.1) is 0 Å². The smallest absolute Gasteiger partial charge is 0.0991 e. The van der Waals surface area contributed by atoms with Crippen LogP contribution in [0.5, 0.6) is 0 Å². The predicted molar refractivity (Wildman–Crippen MR) is 75.7 cm³/mol. The van der Waals surface area contributed by atoms with Crippen molar-refractivity contribution in [2.45, 2.75) is 19.8 Å². The quantitative estimate of drug-likeness (QED) is 0.741. The molecule has 0 fully saturated rings. The molecule has 0 spiro atoms. The topological polar surface area (TPSA) is 23.8 Å². The fourth-order valence-electron chi connectivity index (χ4n) is 2.13. The molecule has 0 heterocycles. The van der Waals surface area contributed by atoms with E-state index >= 15 is 0 Å². The zero-order valence-electron chi connectivity index (χ0n) is 10.4. The highest BCUT2D eigenvalue weighted by Gasteiger charge is 2.12. The molecule has 0 amide bonds. The largest absolute Gasteiger partial charge is 0.192 e. The van der Waals surface area contributed by atoms with Crippen LogP contribution in [0.3, 0.4) is 0 Å². The third-order valence-electron chi connectivity index (χ3n) is 2.93. The Balaban J connectivity index is 2.64. The summed E-state index contributed by atoms with van der Waals surface area (Å²) in [6, 6.07) is 15.7. The van der Waals surface area contributed by atoms with E-state index in [9.17, 15) is 0 Å². The summed E-state index contributed by atoms with van der Waals surface area (Å²) in [5, 5.41) is 9.75. The van der Waals surface area contributed by atoms with Crippen molar-refractivity contribution in [3.8, 4) is 17.2 Å². The second-order valence-corrected chi connectivity index (χ2v) is 4.96. The lowest BCUT2D eigenvalue weighted by Crippen LogP contribution is -1.94. The van der Waals surface area contributed by atoms with E-state index in [0.29, 0.717) is 11.5 Å². The summed E-state index contributed by atoms with van der Waals surface area (Å²) in [5.74, 6) is 0.347. The highest BCUT2D eigenvalue weighted by molar-refractivity contribution is 6.31. The lowest BCUT2D eigenvalue weighted by Gasteiger charge is -2.15. The van der Waals surface area contributed by atoms with E-state index in [0.717, 1.165) is 21.7 Å². The Hall–Kier alpha value is -1.78. The van der Waals surface area contributed by atoms with Crippen LogP contribution in [0.15, 0.2) is 42.5 Å². The fraction of sp³-hybridized carbons (Fsp3) is 0.188. The fourth-order valence-corrected chi connectivity index (χ4v) is 2.52. The number of hydrogen-bond donors (Lipinski definition) is 0. The monoisotopic (exact) mass is 255 g/mol. The van der Waals surface area contributed by atoms with Crippen LogP contribution < -0.4 is 0 Å². The highest BCUT2D eigenvalue weighted by Crippen LogP contribution is 2.34. The van der Waals surface area contributed by atoms with Crippen LogP contribution in [-0.4, -0.2) is 0 Å². The molecule has 0 aliphatic heterocycles. The maximum absolute atomic E-state index is 8.97. The van der Waals surface area contributed by atoms with Crippen molar-refractivity contribution in [1.82, 2.24) is 0 Å². The van der Waals surface area contributed by atoms with Gasteiger partial charge in [0.05, 0.1) is 11.6 Å². The van der Waals surface area contributed by atoms with Gasteiger partial charge in [0.25, 0.3) is 0 Å². The van der Waals surface area contributed by atoms with Crippen LogP contribution in [0.25, 0.3) is 11.1 Å². The SMILES string of the molecule is CC(C)c1c(Cl)cccc1-c1cccc(C#N)c1. The van der Waals surface area contributed by atoms with Gasteiger partial charge in [-0.1, -0.05) is 49.7 Å². The summed E-state index contributed by atoms with van der Waals surface area (Å²) in [7, 11) is 0. The van der Waals surface area contributed by atoms with Crippen LogP contribution in [0.1, 0.15) is 30.9 Å². The second-order valence-electron chi connectivity index (χ2n) is 4.55. The molecule has 0 aromatic heterocycles. The first-order valence-electron chi connectivity index (χ1n) is 5.92.